The summed E-state index contributed by atoms with van der Waals surface area (Å²) < 4.78 is 15.9. The number of hydrogen-bond acceptors (Lipinski definition) is 1. The van der Waals surface area contributed by atoms with Gasteiger partial charge >= 0.3 is 0 Å². The highest BCUT2D eigenvalue weighted by Crippen LogP contribution is 2.26. The summed E-state index contributed by atoms with van der Waals surface area (Å²) in [4.78, 5) is 4.30. The van der Waals surface area contributed by atoms with Crippen LogP contribution in [0.15, 0.2) is 12.1 Å². The lowest BCUT2D eigenvalue weighted by Gasteiger charge is -2.08. The lowest BCUT2D eigenvalue weighted by atomic mass is 10.0. The fourth-order valence-corrected chi connectivity index (χ4v) is 1.84. The molecule has 0 atom stereocenters. The van der Waals surface area contributed by atoms with Crippen molar-refractivity contribution in [1.29, 1.82) is 0 Å². The monoisotopic (exact) mass is 206 g/mol. The molecular weight excluding hydrogens is 191 g/mol. The van der Waals surface area contributed by atoms with E-state index in [1.165, 1.54) is 0 Å². The van der Waals surface area contributed by atoms with E-state index in [4.69, 9.17) is 0 Å². The first kappa shape index (κ1) is 10.1. The van der Waals surface area contributed by atoms with Gasteiger partial charge in [0.15, 0.2) is 5.82 Å². The summed E-state index contributed by atoms with van der Waals surface area (Å²) in [6.45, 7) is 5.87. The summed E-state index contributed by atoms with van der Waals surface area (Å²) >= 11 is 0. The van der Waals surface area contributed by atoms with Gasteiger partial charge in [-0.3, -0.25) is 0 Å². The van der Waals surface area contributed by atoms with Crippen molar-refractivity contribution in [2.75, 3.05) is 0 Å². The van der Waals surface area contributed by atoms with Gasteiger partial charge in [0.05, 0.1) is 5.52 Å². The fraction of sp³-hybridized carbons (Fsp3) is 0.417. The second-order valence-corrected chi connectivity index (χ2v) is 4.21. The molecule has 0 aliphatic carbocycles. The lowest BCUT2D eigenvalue weighted by Crippen LogP contribution is -1.98. The maximum atomic E-state index is 14.1. The smallest absolute Gasteiger partial charge is 0.152 e. The van der Waals surface area contributed by atoms with Gasteiger partial charge in [0.1, 0.15) is 11.3 Å². The summed E-state index contributed by atoms with van der Waals surface area (Å²) in [5.41, 5.74) is 2.10. The van der Waals surface area contributed by atoms with Gasteiger partial charge in [-0.05, 0) is 24.5 Å². The first-order valence-corrected chi connectivity index (χ1v) is 5.13. The Bertz CT molecular complexity index is 512. The van der Waals surface area contributed by atoms with Gasteiger partial charge in [-0.25, -0.2) is 9.37 Å². The van der Waals surface area contributed by atoms with Gasteiger partial charge < -0.3 is 4.57 Å². The second-order valence-electron chi connectivity index (χ2n) is 4.21. The molecule has 0 fully saturated rings. The van der Waals surface area contributed by atoms with Crippen LogP contribution in [0.2, 0.25) is 0 Å². The predicted molar refractivity (Wildman–Crippen MR) is 59.5 cm³/mol. The number of fused-ring (bicyclic) bond motifs is 1. The molecule has 0 aliphatic heterocycles. The Labute approximate surface area is 88.7 Å². The van der Waals surface area contributed by atoms with Crippen molar-refractivity contribution < 1.29 is 4.39 Å². The Kier molecular flexibility index (Phi) is 2.25. The molecule has 0 aliphatic rings. The van der Waals surface area contributed by atoms with E-state index in [-0.39, 0.29) is 11.7 Å². The molecule has 3 heteroatoms. The minimum Gasteiger partial charge on any atom is -0.329 e. The van der Waals surface area contributed by atoms with Gasteiger partial charge in [0.25, 0.3) is 0 Å². The number of aromatic nitrogens is 2. The van der Waals surface area contributed by atoms with Crippen molar-refractivity contribution in [2.24, 2.45) is 7.05 Å². The average Bonchev–Trinajstić information content (AvgIpc) is 2.43. The normalized spacial score (nSPS) is 11.6. The Morgan fingerprint density at radius 2 is 2.00 bits per heavy atom. The number of nitrogens with zero attached hydrogens (tertiary/aromatic N) is 2. The van der Waals surface area contributed by atoms with Crippen LogP contribution in [0.5, 0.6) is 0 Å². The molecule has 1 heterocycles. The van der Waals surface area contributed by atoms with Crippen molar-refractivity contribution in [1.82, 2.24) is 9.55 Å². The molecule has 1 aromatic carbocycles. The molecule has 0 bridgehead atoms. The Morgan fingerprint density at radius 3 is 2.60 bits per heavy atom. The quantitative estimate of drug-likeness (QED) is 0.700. The van der Waals surface area contributed by atoms with Crippen molar-refractivity contribution in [2.45, 2.75) is 26.7 Å². The van der Waals surface area contributed by atoms with E-state index in [0.29, 0.717) is 5.52 Å². The molecule has 0 saturated heterocycles. The molecule has 2 rings (SSSR count). The average molecular weight is 206 g/mol. The Hall–Kier alpha value is -1.38. The van der Waals surface area contributed by atoms with Crippen LogP contribution in [0.3, 0.4) is 0 Å². The number of hydrogen-bond donors (Lipinski definition) is 0. The van der Waals surface area contributed by atoms with Crippen molar-refractivity contribution in [3.05, 3.63) is 29.3 Å². The zero-order valence-corrected chi connectivity index (χ0v) is 9.50. The molecular formula is C12H15FN2. The summed E-state index contributed by atoms with van der Waals surface area (Å²) in [7, 11) is 1.85. The van der Waals surface area contributed by atoms with Crippen LogP contribution in [0.25, 0.3) is 11.0 Å². The molecule has 0 unspecified atom stereocenters. The molecule has 1 aromatic heterocycles. The third-order valence-electron chi connectivity index (χ3n) is 2.85. The SMILES string of the molecule is Cc1nc2ccc(C(C)C)c(F)c2n1C. The number of imidazole rings is 1. The molecule has 80 valence electrons. The minimum absolute atomic E-state index is 0.134. The van der Waals surface area contributed by atoms with Gasteiger partial charge in [0.2, 0.25) is 0 Å². The summed E-state index contributed by atoms with van der Waals surface area (Å²) in [6, 6.07) is 3.72. The molecule has 0 spiro atoms. The molecule has 0 radical (unpaired) electrons. The highest BCUT2D eigenvalue weighted by molar-refractivity contribution is 5.77. The highest BCUT2D eigenvalue weighted by atomic mass is 19.1. The molecule has 2 aromatic rings. The van der Waals surface area contributed by atoms with Crippen molar-refractivity contribution in [3.8, 4) is 0 Å². The van der Waals surface area contributed by atoms with Crippen LogP contribution in [0.1, 0.15) is 31.2 Å². The largest absolute Gasteiger partial charge is 0.329 e. The van der Waals surface area contributed by atoms with Gasteiger partial charge in [0, 0.05) is 7.05 Å². The highest BCUT2D eigenvalue weighted by Gasteiger charge is 2.14. The lowest BCUT2D eigenvalue weighted by molar-refractivity contribution is 0.602. The first-order valence-electron chi connectivity index (χ1n) is 5.13. The number of halogens is 1. The van der Waals surface area contributed by atoms with Gasteiger partial charge in [-0.1, -0.05) is 19.9 Å². The van der Waals surface area contributed by atoms with Crippen LogP contribution in [-0.2, 0) is 7.05 Å². The maximum Gasteiger partial charge on any atom is 0.152 e. The number of aryl methyl sites for hydroxylation is 2. The Morgan fingerprint density at radius 1 is 1.33 bits per heavy atom. The summed E-state index contributed by atoms with van der Waals surface area (Å²) in [5, 5.41) is 0. The van der Waals surface area contributed by atoms with Crippen molar-refractivity contribution >= 4 is 11.0 Å². The van der Waals surface area contributed by atoms with E-state index in [0.717, 1.165) is 16.9 Å². The zero-order valence-electron chi connectivity index (χ0n) is 9.50. The minimum atomic E-state index is -0.134. The Balaban J connectivity index is 2.82. The van der Waals surface area contributed by atoms with E-state index in [1.54, 1.807) is 4.57 Å². The van der Waals surface area contributed by atoms with E-state index >= 15 is 0 Å². The third-order valence-corrected chi connectivity index (χ3v) is 2.85. The standard InChI is InChI=1S/C12H15FN2/c1-7(2)9-5-6-10-12(11(9)13)15(4)8(3)14-10/h5-7H,1-4H3. The first-order chi connectivity index (χ1) is 7.02. The van der Waals surface area contributed by atoms with Crippen molar-refractivity contribution in [3.63, 3.8) is 0 Å². The second kappa shape index (κ2) is 3.33. The third kappa shape index (κ3) is 1.42. The zero-order chi connectivity index (χ0) is 11.2. The van der Waals surface area contributed by atoms with Crippen LogP contribution in [0.4, 0.5) is 4.39 Å². The topological polar surface area (TPSA) is 17.8 Å². The van der Waals surface area contributed by atoms with Gasteiger partial charge in [-0.2, -0.15) is 0 Å². The van der Waals surface area contributed by atoms with E-state index in [1.807, 2.05) is 40.0 Å². The van der Waals surface area contributed by atoms with E-state index < -0.39 is 0 Å². The predicted octanol–water partition coefficient (Wildman–Crippen LogP) is 3.14. The molecule has 15 heavy (non-hydrogen) atoms. The van der Waals surface area contributed by atoms with Gasteiger partial charge in [-0.15, -0.1) is 0 Å². The maximum absolute atomic E-state index is 14.1. The van der Waals surface area contributed by atoms with Crippen LogP contribution >= 0.6 is 0 Å². The van der Waals surface area contributed by atoms with Crippen LogP contribution in [-0.4, -0.2) is 9.55 Å². The number of rotatable bonds is 1. The fourth-order valence-electron chi connectivity index (χ4n) is 1.84. The van der Waals surface area contributed by atoms with Crippen LogP contribution in [0, 0.1) is 12.7 Å². The number of benzene rings is 1. The van der Waals surface area contributed by atoms with E-state index in [9.17, 15) is 4.39 Å². The summed E-state index contributed by atoms with van der Waals surface area (Å²) in [6.07, 6.45) is 0. The molecule has 2 nitrogen and oxygen atoms in total. The molecule has 0 amide bonds. The summed E-state index contributed by atoms with van der Waals surface area (Å²) in [5.74, 6) is 0.903. The van der Waals surface area contributed by atoms with Crippen LogP contribution < -0.4 is 0 Å². The molecule has 0 saturated carbocycles. The molecule has 0 N–H and O–H groups in total. The van der Waals surface area contributed by atoms with E-state index in [2.05, 4.69) is 4.98 Å².